The molecule has 6 heteroatoms. The van der Waals surface area contributed by atoms with Gasteiger partial charge in [0.05, 0.1) is 27.8 Å². The van der Waals surface area contributed by atoms with Crippen LogP contribution in [-0.4, -0.2) is 26.5 Å². The van der Waals surface area contributed by atoms with Gasteiger partial charge in [0.15, 0.2) is 0 Å². The number of rotatable bonds is 5. The Morgan fingerprint density at radius 1 is 0.966 bits per heavy atom. The number of pyridine rings is 2. The largest absolute Gasteiger partial charge is 0.384 e. The molecule has 0 spiro atoms. The second-order valence-electron chi connectivity index (χ2n) is 6.85. The quantitative estimate of drug-likeness (QED) is 0.410. The van der Waals surface area contributed by atoms with Gasteiger partial charge in [-0.2, -0.15) is 0 Å². The van der Waals surface area contributed by atoms with Gasteiger partial charge >= 0.3 is 0 Å². The van der Waals surface area contributed by atoms with Crippen LogP contribution in [0, 0.1) is 0 Å². The summed E-state index contributed by atoms with van der Waals surface area (Å²) in [5, 5.41) is 5.28. The summed E-state index contributed by atoms with van der Waals surface area (Å²) in [5.74, 6) is 0.791. The van der Waals surface area contributed by atoms with E-state index in [1.165, 1.54) is 5.56 Å². The van der Waals surface area contributed by atoms with E-state index in [0.29, 0.717) is 5.02 Å². The normalized spacial score (nSPS) is 11.2. The molecule has 0 saturated carbocycles. The summed E-state index contributed by atoms with van der Waals surface area (Å²) in [6.07, 6.45) is 6.40. The van der Waals surface area contributed by atoms with Gasteiger partial charge in [-0.05, 0) is 48.4 Å². The number of imidazole rings is 1. The molecule has 5 aromatic rings. The summed E-state index contributed by atoms with van der Waals surface area (Å²) in [6, 6.07) is 17.8. The molecular weight excluding hydrogens is 382 g/mol. The summed E-state index contributed by atoms with van der Waals surface area (Å²) < 4.78 is 0. The Balaban J connectivity index is 1.57. The number of hydrogen-bond donors (Lipinski definition) is 2. The second-order valence-corrected chi connectivity index (χ2v) is 7.29. The smallest absolute Gasteiger partial charge is 0.142 e. The van der Waals surface area contributed by atoms with Crippen molar-refractivity contribution in [2.75, 3.05) is 11.9 Å². The highest BCUT2D eigenvalue weighted by molar-refractivity contribution is 6.31. The van der Waals surface area contributed by atoms with Gasteiger partial charge in [0.2, 0.25) is 0 Å². The molecule has 0 aliphatic heterocycles. The van der Waals surface area contributed by atoms with Crippen molar-refractivity contribution in [2.45, 2.75) is 6.42 Å². The van der Waals surface area contributed by atoms with Gasteiger partial charge < -0.3 is 10.3 Å². The molecule has 0 radical (unpaired) electrons. The first-order chi connectivity index (χ1) is 14.3. The van der Waals surface area contributed by atoms with Crippen molar-refractivity contribution in [3.05, 3.63) is 83.8 Å². The van der Waals surface area contributed by atoms with Crippen LogP contribution in [0.15, 0.2) is 73.2 Å². The number of H-pyrrole nitrogens is 1. The molecule has 142 valence electrons. The van der Waals surface area contributed by atoms with Crippen molar-refractivity contribution in [3.8, 4) is 11.4 Å². The lowest BCUT2D eigenvalue weighted by Crippen LogP contribution is -2.07. The molecule has 2 N–H and O–H groups in total. The van der Waals surface area contributed by atoms with Gasteiger partial charge in [0.25, 0.3) is 0 Å². The van der Waals surface area contributed by atoms with Crippen LogP contribution in [0.1, 0.15) is 5.56 Å². The summed E-state index contributed by atoms with van der Waals surface area (Å²) in [4.78, 5) is 17.0. The van der Waals surface area contributed by atoms with Crippen LogP contribution in [-0.2, 0) is 6.42 Å². The first kappa shape index (κ1) is 17.6. The van der Waals surface area contributed by atoms with E-state index in [-0.39, 0.29) is 0 Å². The van der Waals surface area contributed by atoms with Gasteiger partial charge in [-0.15, -0.1) is 0 Å². The molecule has 5 rings (SSSR count). The lowest BCUT2D eigenvalue weighted by Gasteiger charge is -2.14. The van der Waals surface area contributed by atoms with E-state index in [1.807, 2.05) is 60.9 Å². The van der Waals surface area contributed by atoms with E-state index in [0.717, 1.165) is 52.0 Å². The summed E-state index contributed by atoms with van der Waals surface area (Å²) in [7, 11) is 0. The number of anilines is 1. The minimum atomic E-state index is 0.669. The average molecular weight is 400 g/mol. The van der Waals surface area contributed by atoms with E-state index in [1.54, 1.807) is 6.20 Å². The Bertz CT molecular complexity index is 1260. The highest BCUT2D eigenvalue weighted by Crippen LogP contribution is 2.34. The fourth-order valence-corrected chi connectivity index (χ4v) is 3.66. The SMILES string of the molecule is Clc1ccc2c(NCCc3cccnc3)c(-c3nc4ccccc4[nH]3)cnc2c1. The molecule has 0 amide bonds. The monoisotopic (exact) mass is 399 g/mol. The van der Waals surface area contributed by atoms with Gasteiger partial charge in [-0.25, -0.2) is 4.98 Å². The average Bonchev–Trinajstić information content (AvgIpc) is 3.18. The number of halogens is 1. The first-order valence-electron chi connectivity index (χ1n) is 9.44. The standard InChI is InChI=1S/C23H18ClN5/c24-16-7-8-17-21(12-16)27-14-18(23-28-19-5-1-2-6-20(19)29-23)22(17)26-11-9-15-4-3-10-25-13-15/h1-8,10,12-14H,9,11H2,(H,26,27)(H,28,29). The third-order valence-corrected chi connectivity index (χ3v) is 5.15. The molecule has 29 heavy (non-hydrogen) atoms. The van der Waals surface area contributed by atoms with E-state index in [9.17, 15) is 0 Å². The highest BCUT2D eigenvalue weighted by atomic mass is 35.5. The molecule has 2 aromatic carbocycles. The van der Waals surface area contributed by atoms with Crippen LogP contribution in [0.2, 0.25) is 5.02 Å². The van der Waals surface area contributed by atoms with E-state index >= 15 is 0 Å². The van der Waals surface area contributed by atoms with Crippen LogP contribution in [0.3, 0.4) is 0 Å². The second kappa shape index (κ2) is 7.53. The van der Waals surface area contributed by atoms with Crippen molar-refractivity contribution < 1.29 is 0 Å². The van der Waals surface area contributed by atoms with Crippen molar-refractivity contribution >= 4 is 39.2 Å². The zero-order valence-electron chi connectivity index (χ0n) is 15.6. The van der Waals surface area contributed by atoms with E-state index in [4.69, 9.17) is 16.6 Å². The number of hydrogen-bond acceptors (Lipinski definition) is 4. The Morgan fingerprint density at radius 2 is 1.90 bits per heavy atom. The first-order valence-corrected chi connectivity index (χ1v) is 9.82. The fourth-order valence-electron chi connectivity index (χ4n) is 3.49. The Morgan fingerprint density at radius 3 is 2.76 bits per heavy atom. The maximum Gasteiger partial charge on any atom is 0.142 e. The molecule has 0 fully saturated rings. The topological polar surface area (TPSA) is 66.5 Å². The minimum absolute atomic E-state index is 0.669. The van der Waals surface area contributed by atoms with Crippen LogP contribution < -0.4 is 5.32 Å². The number of fused-ring (bicyclic) bond motifs is 2. The summed E-state index contributed by atoms with van der Waals surface area (Å²) >= 11 is 6.18. The van der Waals surface area contributed by atoms with Crippen LogP contribution in [0.5, 0.6) is 0 Å². The number of benzene rings is 2. The molecule has 0 bridgehead atoms. The predicted molar refractivity (Wildman–Crippen MR) is 118 cm³/mol. The molecule has 0 saturated heterocycles. The highest BCUT2D eigenvalue weighted by Gasteiger charge is 2.14. The molecule has 0 unspecified atom stereocenters. The Kier molecular flexibility index (Phi) is 4.58. The van der Waals surface area contributed by atoms with Crippen molar-refractivity contribution in [2.24, 2.45) is 0 Å². The van der Waals surface area contributed by atoms with E-state index < -0.39 is 0 Å². The number of nitrogens with one attached hydrogen (secondary N) is 2. The third-order valence-electron chi connectivity index (χ3n) is 4.91. The van der Waals surface area contributed by atoms with Crippen LogP contribution in [0.25, 0.3) is 33.3 Å². The molecule has 5 nitrogen and oxygen atoms in total. The third kappa shape index (κ3) is 3.52. The molecular formula is C23H18ClN5. The molecule has 0 aliphatic rings. The minimum Gasteiger partial charge on any atom is -0.384 e. The van der Waals surface area contributed by atoms with Crippen molar-refractivity contribution in [1.82, 2.24) is 19.9 Å². The van der Waals surface area contributed by atoms with Gasteiger partial charge in [-0.1, -0.05) is 29.8 Å². The van der Waals surface area contributed by atoms with Gasteiger partial charge in [0, 0.05) is 35.5 Å². The maximum atomic E-state index is 6.18. The van der Waals surface area contributed by atoms with Crippen LogP contribution in [0.4, 0.5) is 5.69 Å². The number of aromatic nitrogens is 4. The molecule has 0 aliphatic carbocycles. The van der Waals surface area contributed by atoms with Crippen molar-refractivity contribution in [3.63, 3.8) is 0 Å². The van der Waals surface area contributed by atoms with Crippen LogP contribution >= 0.6 is 11.6 Å². The lowest BCUT2D eigenvalue weighted by atomic mass is 10.1. The maximum absolute atomic E-state index is 6.18. The summed E-state index contributed by atoms with van der Waals surface area (Å²) in [5.41, 5.74) is 5.89. The lowest BCUT2D eigenvalue weighted by molar-refractivity contribution is 1.01. The Labute approximate surface area is 172 Å². The predicted octanol–water partition coefficient (Wildman–Crippen LogP) is 5.48. The fraction of sp³-hybridized carbons (Fsp3) is 0.0870. The summed E-state index contributed by atoms with van der Waals surface area (Å²) in [6.45, 7) is 0.765. The molecule has 3 heterocycles. The van der Waals surface area contributed by atoms with Gasteiger partial charge in [-0.3, -0.25) is 9.97 Å². The number of nitrogens with zero attached hydrogens (tertiary/aromatic N) is 3. The van der Waals surface area contributed by atoms with E-state index in [2.05, 4.69) is 26.3 Å². The molecule has 0 atom stereocenters. The Hall–Kier alpha value is -3.44. The zero-order valence-corrected chi connectivity index (χ0v) is 16.3. The number of para-hydroxylation sites is 2. The van der Waals surface area contributed by atoms with Gasteiger partial charge in [0.1, 0.15) is 5.82 Å². The number of aromatic amines is 1. The van der Waals surface area contributed by atoms with Crippen molar-refractivity contribution in [1.29, 1.82) is 0 Å². The molecule has 3 aromatic heterocycles. The zero-order chi connectivity index (χ0) is 19.6.